The van der Waals surface area contributed by atoms with Gasteiger partial charge in [0.15, 0.2) is 6.10 Å². The summed E-state index contributed by atoms with van der Waals surface area (Å²) < 4.78 is 5.58. The van der Waals surface area contributed by atoms with E-state index in [4.69, 9.17) is 10.5 Å². The first-order valence-electron chi connectivity index (χ1n) is 6.38. The smallest absolute Gasteiger partial charge is 0.267 e. The Labute approximate surface area is 108 Å². The van der Waals surface area contributed by atoms with Gasteiger partial charge in [0.1, 0.15) is 5.75 Å². The van der Waals surface area contributed by atoms with Crippen LogP contribution in [0.1, 0.15) is 38.3 Å². The van der Waals surface area contributed by atoms with Crippen molar-refractivity contribution in [3.63, 3.8) is 0 Å². The van der Waals surface area contributed by atoms with Gasteiger partial charge in [-0.3, -0.25) is 4.79 Å². The number of anilines is 1. The number of carbonyl (C=O) groups excluding carboxylic acids is 1. The Morgan fingerprint density at radius 3 is 2.89 bits per heavy atom. The van der Waals surface area contributed by atoms with Crippen LogP contribution in [0.3, 0.4) is 0 Å². The molecule has 0 saturated carbocycles. The number of ether oxygens (including phenoxy) is 1. The number of fused-ring (bicyclic) bond motifs is 1. The Kier molecular flexibility index (Phi) is 3.57. The lowest BCUT2D eigenvalue weighted by Crippen LogP contribution is -2.42. The van der Waals surface area contributed by atoms with Crippen LogP contribution in [-0.4, -0.2) is 19.1 Å². The van der Waals surface area contributed by atoms with Gasteiger partial charge >= 0.3 is 0 Å². The summed E-state index contributed by atoms with van der Waals surface area (Å²) in [6.45, 7) is 3.87. The van der Waals surface area contributed by atoms with Crippen LogP contribution in [0, 0.1) is 0 Å². The molecule has 1 aromatic rings. The topological polar surface area (TPSA) is 55.6 Å². The summed E-state index contributed by atoms with van der Waals surface area (Å²) in [6, 6.07) is 5.86. The molecule has 2 unspecified atom stereocenters. The molecule has 1 aromatic carbocycles. The molecule has 1 aliphatic rings. The minimum absolute atomic E-state index is 0.0168. The van der Waals surface area contributed by atoms with Crippen molar-refractivity contribution in [2.45, 2.75) is 38.8 Å². The first kappa shape index (κ1) is 12.9. The van der Waals surface area contributed by atoms with Crippen molar-refractivity contribution in [1.29, 1.82) is 0 Å². The zero-order valence-electron chi connectivity index (χ0n) is 11.1. The summed E-state index contributed by atoms with van der Waals surface area (Å²) in [5, 5.41) is 0. The van der Waals surface area contributed by atoms with Crippen LogP contribution in [0.5, 0.6) is 5.75 Å². The van der Waals surface area contributed by atoms with Crippen molar-refractivity contribution in [3.05, 3.63) is 23.8 Å². The molecule has 4 heteroatoms. The zero-order chi connectivity index (χ0) is 13.3. The Morgan fingerprint density at radius 2 is 2.22 bits per heavy atom. The quantitative estimate of drug-likeness (QED) is 0.892. The lowest BCUT2D eigenvalue weighted by Gasteiger charge is -2.31. The molecule has 2 rings (SSSR count). The highest BCUT2D eigenvalue weighted by molar-refractivity contribution is 5.99. The van der Waals surface area contributed by atoms with E-state index in [1.165, 1.54) is 0 Å². The monoisotopic (exact) mass is 248 g/mol. The Morgan fingerprint density at radius 1 is 1.50 bits per heavy atom. The third kappa shape index (κ3) is 2.20. The van der Waals surface area contributed by atoms with Crippen LogP contribution in [0.15, 0.2) is 18.2 Å². The van der Waals surface area contributed by atoms with Gasteiger partial charge in [-0.15, -0.1) is 0 Å². The van der Waals surface area contributed by atoms with Gasteiger partial charge < -0.3 is 15.4 Å². The van der Waals surface area contributed by atoms with Gasteiger partial charge in [-0.2, -0.15) is 0 Å². The average molecular weight is 248 g/mol. The summed E-state index contributed by atoms with van der Waals surface area (Å²) in [5.41, 5.74) is 7.96. The van der Waals surface area contributed by atoms with E-state index in [0.29, 0.717) is 0 Å². The molecular weight excluding hydrogens is 228 g/mol. The number of rotatable bonds is 3. The van der Waals surface area contributed by atoms with Gasteiger partial charge in [-0.25, -0.2) is 0 Å². The number of amides is 1. The predicted molar refractivity (Wildman–Crippen MR) is 71.8 cm³/mol. The number of nitrogens with zero attached hydrogens (tertiary/aromatic N) is 1. The largest absolute Gasteiger partial charge is 0.479 e. The number of hydrogen-bond donors (Lipinski definition) is 1. The molecular formula is C14H20N2O2. The lowest BCUT2D eigenvalue weighted by atomic mass is 10.0. The Hall–Kier alpha value is -1.55. The highest BCUT2D eigenvalue weighted by Gasteiger charge is 2.29. The van der Waals surface area contributed by atoms with E-state index >= 15 is 0 Å². The minimum Gasteiger partial charge on any atom is -0.479 e. The van der Waals surface area contributed by atoms with E-state index in [2.05, 4.69) is 6.92 Å². The van der Waals surface area contributed by atoms with Crippen molar-refractivity contribution in [3.8, 4) is 5.75 Å². The van der Waals surface area contributed by atoms with E-state index in [9.17, 15) is 4.79 Å². The fourth-order valence-corrected chi connectivity index (χ4v) is 2.24. The highest BCUT2D eigenvalue weighted by atomic mass is 16.5. The molecule has 98 valence electrons. The first-order chi connectivity index (χ1) is 8.54. The number of carbonyl (C=O) groups is 1. The second-order valence-electron chi connectivity index (χ2n) is 4.78. The maximum atomic E-state index is 11.9. The third-order valence-electron chi connectivity index (χ3n) is 3.35. The molecule has 0 fully saturated rings. The van der Waals surface area contributed by atoms with Crippen molar-refractivity contribution >= 4 is 11.6 Å². The van der Waals surface area contributed by atoms with Gasteiger partial charge in [-0.1, -0.05) is 19.4 Å². The van der Waals surface area contributed by atoms with E-state index in [-0.39, 0.29) is 11.9 Å². The number of hydrogen-bond acceptors (Lipinski definition) is 3. The Bertz CT molecular complexity index is 459. The average Bonchev–Trinajstić information content (AvgIpc) is 2.36. The van der Waals surface area contributed by atoms with E-state index in [1.54, 1.807) is 18.9 Å². The maximum absolute atomic E-state index is 11.9. The summed E-state index contributed by atoms with van der Waals surface area (Å²) in [7, 11) is 1.77. The van der Waals surface area contributed by atoms with Crippen LogP contribution in [0.25, 0.3) is 0 Å². The second kappa shape index (κ2) is 4.98. The van der Waals surface area contributed by atoms with Gasteiger partial charge in [-0.05, 0) is 31.0 Å². The summed E-state index contributed by atoms with van der Waals surface area (Å²) in [5.74, 6) is 0.723. The minimum atomic E-state index is -0.419. The van der Waals surface area contributed by atoms with Crippen LogP contribution < -0.4 is 15.4 Å². The van der Waals surface area contributed by atoms with Crippen molar-refractivity contribution in [2.24, 2.45) is 5.73 Å². The molecule has 1 amide bonds. The molecule has 0 aliphatic carbocycles. The number of likely N-dealkylation sites (N-methyl/N-ethyl adjacent to an activating group) is 1. The summed E-state index contributed by atoms with van der Waals surface area (Å²) in [4.78, 5) is 13.5. The first-order valence-corrected chi connectivity index (χ1v) is 6.38. The van der Waals surface area contributed by atoms with Gasteiger partial charge in [0.2, 0.25) is 0 Å². The molecule has 0 spiro atoms. The summed E-state index contributed by atoms with van der Waals surface area (Å²) >= 11 is 0. The molecule has 4 nitrogen and oxygen atoms in total. The van der Waals surface area contributed by atoms with E-state index in [1.807, 2.05) is 18.2 Å². The molecule has 18 heavy (non-hydrogen) atoms. The van der Waals surface area contributed by atoms with E-state index < -0.39 is 6.10 Å². The fraction of sp³-hybridized carbons (Fsp3) is 0.500. The Balaban J connectivity index is 2.34. The highest BCUT2D eigenvalue weighted by Crippen LogP contribution is 2.35. The zero-order valence-corrected chi connectivity index (χ0v) is 11.1. The predicted octanol–water partition coefficient (Wildman–Crippen LogP) is 2.23. The second-order valence-corrected chi connectivity index (χ2v) is 4.78. The molecule has 1 aliphatic heterocycles. The molecule has 0 bridgehead atoms. The third-order valence-corrected chi connectivity index (χ3v) is 3.35. The molecule has 0 saturated heterocycles. The van der Waals surface area contributed by atoms with Gasteiger partial charge in [0, 0.05) is 13.1 Å². The molecule has 0 radical (unpaired) electrons. The van der Waals surface area contributed by atoms with Crippen LogP contribution in [0.4, 0.5) is 5.69 Å². The fourth-order valence-electron chi connectivity index (χ4n) is 2.24. The van der Waals surface area contributed by atoms with Crippen molar-refractivity contribution < 1.29 is 9.53 Å². The van der Waals surface area contributed by atoms with Crippen molar-refractivity contribution in [1.82, 2.24) is 0 Å². The van der Waals surface area contributed by atoms with Gasteiger partial charge in [0.25, 0.3) is 5.91 Å². The summed E-state index contributed by atoms with van der Waals surface area (Å²) in [6.07, 6.45) is 1.56. The van der Waals surface area contributed by atoms with Crippen LogP contribution in [-0.2, 0) is 4.79 Å². The normalized spacial score (nSPS) is 20.3. The molecule has 1 heterocycles. The molecule has 2 N–H and O–H groups in total. The number of nitrogens with two attached hydrogens (primary N) is 1. The van der Waals surface area contributed by atoms with Crippen LogP contribution >= 0.6 is 0 Å². The molecule has 0 aromatic heterocycles. The van der Waals surface area contributed by atoms with Crippen molar-refractivity contribution in [2.75, 3.05) is 11.9 Å². The van der Waals surface area contributed by atoms with Crippen LogP contribution in [0.2, 0.25) is 0 Å². The maximum Gasteiger partial charge on any atom is 0.267 e. The standard InChI is InChI=1S/C14H20N2O2/c1-4-5-11(15)10-6-7-13-12(8-10)16(3)14(17)9(2)18-13/h6-9,11H,4-5,15H2,1-3H3. The number of benzene rings is 1. The molecule has 2 atom stereocenters. The van der Waals surface area contributed by atoms with E-state index in [0.717, 1.165) is 29.8 Å². The SMILES string of the molecule is CCCC(N)c1ccc2c(c1)N(C)C(=O)C(C)O2. The lowest BCUT2D eigenvalue weighted by molar-refractivity contribution is -0.125. The van der Waals surface area contributed by atoms with Gasteiger partial charge in [0.05, 0.1) is 5.69 Å².